The Morgan fingerprint density at radius 1 is 1.56 bits per heavy atom. The van der Waals surface area contributed by atoms with Gasteiger partial charge in [0.2, 0.25) is 5.91 Å². The fraction of sp³-hybridized carbons (Fsp3) is 0.636. The Morgan fingerprint density at radius 2 is 2.25 bits per heavy atom. The van der Waals surface area contributed by atoms with Crippen molar-refractivity contribution in [2.45, 2.75) is 33.2 Å². The number of nitrogens with one attached hydrogen (secondary N) is 2. The number of carbonyl (C=O) groups excluding carboxylic acids is 1. The van der Waals surface area contributed by atoms with Crippen molar-refractivity contribution in [3.05, 3.63) is 18.2 Å². The van der Waals surface area contributed by atoms with E-state index in [4.69, 9.17) is 5.73 Å². The van der Waals surface area contributed by atoms with Crippen LogP contribution in [0.1, 0.15) is 32.5 Å². The summed E-state index contributed by atoms with van der Waals surface area (Å²) in [5.41, 5.74) is 5.26. The fourth-order valence-electron chi connectivity index (χ4n) is 1.70. The molecule has 1 heterocycles. The second-order valence-electron chi connectivity index (χ2n) is 3.91. The van der Waals surface area contributed by atoms with Crippen LogP contribution >= 0.6 is 0 Å². The molecule has 0 aliphatic heterocycles. The molecule has 5 nitrogen and oxygen atoms in total. The van der Waals surface area contributed by atoms with Gasteiger partial charge in [-0.05, 0) is 12.8 Å². The Morgan fingerprint density at radius 3 is 2.69 bits per heavy atom. The first-order valence-electron chi connectivity index (χ1n) is 5.65. The van der Waals surface area contributed by atoms with E-state index < -0.39 is 5.41 Å². The van der Waals surface area contributed by atoms with Crippen molar-refractivity contribution in [2.24, 2.45) is 11.1 Å². The average Bonchev–Trinajstić information content (AvgIpc) is 2.82. The van der Waals surface area contributed by atoms with E-state index in [1.54, 1.807) is 12.4 Å². The van der Waals surface area contributed by atoms with Crippen molar-refractivity contribution in [3.63, 3.8) is 0 Å². The van der Waals surface area contributed by atoms with Gasteiger partial charge < -0.3 is 16.0 Å². The minimum Gasteiger partial charge on any atom is -0.348 e. The molecular weight excluding hydrogens is 204 g/mol. The maximum atomic E-state index is 12.0. The highest BCUT2D eigenvalue weighted by Crippen LogP contribution is 2.24. The first-order valence-corrected chi connectivity index (χ1v) is 5.65. The summed E-state index contributed by atoms with van der Waals surface area (Å²) in [6, 6.07) is 0. The van der Waals surface area contributed by atoms with E-state index in [1.807, 2.05) is 13.8 Å². The third-order valence-corrected chi connectivity index (χ3v) is 3.20. The first kappa shape index (κ1) is 12.7. The largest absolute Gasteiger partial charge is 0.348 e. The quantitative estimate of drug-likeness (QED) is 0.668. The number of nitrogens with zero attached hydrogens (tertiary/aromatic N) is 1. The molecule has 0 atom stereocenters. The van der Waals surface area contributed by atoms with Crippen molar-refractivity contribution in [1.29, 1.82) is 0 Å². The molecule has 0 aromatic carbocycles. The molecule has 0 radical (unpaired) electrons. The van der Waals surface area contributed by atoms with Gasteiger partial charge >= 0.3 is 0 Å². The molecule has 0 bridgehead atoms. The van der Waals surface area contributed by atoms with E-state index in [-0.39, 0.29) is 5.91 Å². The number of H-pyrrole nitrogens is 1. The summed E-state index contributed by atoms with van der Waals surface area (Å²) >= 11 is 0. The molecule has 1 aromatic heterocycles. The minimum atomic E-state index is -0.438. The Balaban J connectivity index is 2.56. The third kappa shape index (κ3) is 2.61. The SMILES string of the molecule is CCC(CC)(CN)C(=O)NCc1ncc[nH]1. The fourth-order valence-corrected chi connectivity index (χ4v) is 1.70. The monoisotopic (exact) mass is 224 g/mol. The average molecular weight is 224 g/mol. The highest BCUT2D eigenvalue weighted by molar-refractivity contribution is 5.82. The highest BCUT2D eigenvalue weighted by atomic mass is 16.2. The first-order chi connectivity index (χ1) is 7.68. The molecule has 16 heavy (non-hydrogen) atoms. The number of carbonyl (C=O) groups is 1. The van der Waals surface area contributed by atoms with Gasteiger partial charge in [-0.15, -0.1) is 0 Å². The van der Waals surface area contributed by atoms with Crippen molar-refractivity contribution in [2.75, 3.05) is 6.54 Å². The van der Waals surface area contributed by atoms with Gasteiger partial charge in [-0.3, -0.25) is 4.79 Å². The van der Waals surface area contributed by atoms with Gasteiger partial charge in [0.1, 0.15) is 5.82 Å². The molecule has 1 amide bonds. The second-order valence-corrected chi connectivity index (χ2v) is 3.91. The minimum absolute atomic E-state index is 0.0106. The second kappa shape index (κ2) is 5.65. The lowest BCUT2D eigenvalue weighted by Crippen LogP contribution is -2.45. The summed E-state index contributed by atoms with van der Waals surface area (Å²) in [5, 5.41) is 2.87. The number of aromatic nitrogens is 2. The smallest absolute Gasteiger partial charge is 0.227 e. The number of imidazole rings is 1. The van der Waals surface area contributed by atoms with E-state index >= 15 is 0 Å². The predicted molar refractivity (Wildman–Crippen MR) is 62.5 cm³/mol. The zero-order valence-corrected chi connectivity index (χ0v) is 9.92. The molecule has 0 aliphatic carbocycles. The van der Waals surface area contributed by atoms with Crippen molar-refractivity contribution < 1.29 is 4.79 Å². The molecule has 0 unspecified atom stereocenters. The van der Waals surface area contributed by atoms with Crippen LogP contribution in [-0.2, 0) is 11.3 Å². The highest BCUT2D eigenvalue weighted by Gasteiger charge is 2.32. The molecule has 1 aromatic rings. The summed E-state index contributed by atoms with van der Waals surface area (Å²) in [6.07, 6.45) is 4.91. The molecule has 0 saturated carbocycles. The topological polar surface area (TPSA) is 83.8 Å². The van der Waals surface area contributed by atoms with Gasteiger partial charge in [-0.25, -0.2) is 4.98 Å². The van der Waals surface area contributed by atoms with Gasteiger partial charge in [0.05, 0.1) is 12.0 Å². The molecule has 90 valence electrons. The van der Waals surface area contributed by atoms with Crippen molar-refractivity contribution in [3.8, 4) is 0 Å². The van der Waals surface area contributed by atoms with E-state index in [9.17, 15) is 4.79 Å². The summed E-state index contributed by atoms with van der Waals surface area (Å²) < 4.78 is 0. The third-order valence-electron chi connectivity index (χ3n) is 3.20. The number of rotatable bonds is 6. The molecule has 1 rings (SSSR count). The standard InChI is InChI=1S/C11H20N4O/c1-3-11(4-2,8-12)10(16)15-7-9-13-5-6-14-9/h5-6H,3-4,7-8,12H2,1-2H3,(H,13,14)(H,15,16). The van der Waals surface area contributed by atoms with E-state index in [1.165, 1.54) is 0 Å². The van der Waals surface area contributed by atoms with E-state index in [0.29, 0.717) is 13.1 Å². The Hall–Kier alpha value is -1.36. The van der Waals surface area contributed by atoms with Crippen LogP contribution in [0.4, 0.5) is 0 Å². The molecule has 4 N–H and O–H groups in total. The maximum absolute atomic E-state index is 12.0. The molecule has 0 spiro atoms. The van der Waals surface area contributed by atoms with Crippen LogP contribution in [0.15, 0.2) is 12.4 Å². The maximum Gasteiger partial charge on any atom is 0.227 e. The number of hydrogen-bond donors (Lipinski definition) is 3. The lowest BCUT2D eigenvalue weighted by Gasteiger charge is -2.28. The van der Waals surface area contributed by atoms with Crippen molar-refractivity contribution in [1.82, 2.24) is 15.3 Å². The van der Waals surface area contributed by atoms with Gasteiger partial charge in [0, 0.05) is 18.9 Å². The van der Waals surface area contributed by atoms with Gasteiger partial charge in [-0.2, -0.15) is 0 Å². The van der Waals surface area contributed by atoms with Crippen LogP contribution in [0, 0.1) is 5.41 Å². The lowest BCUT2D eigenvalue weighted by atomic mass is 9.81. The van der Waals surface area contributed by atoms with Crippen LogP contribution in [-0.4, -0.2) is 22.4 Å². The van der Waals surface area contributed by atoms with Crippen LogP contribution in [0.25, 0.3) is 0 Å². The lowest BCUT2D eigenvalue weighted by molar-refractivity contribution is -0.131. The predicted octanol–water partition coefficient (Wildman–Crippen LogP) is 0.791. The van der Waals surface area contributed by atoms with Crippen molar-refractivity contribution >= 4 is 5.91 Å². The van der Waals surface area contributed by atoms with Crippen LogP contribution in [0.2, 0.25) is 0 Å². The number of nitrogens with two attached hydrogens (primary N) is 1. The zero-order chi connectivity index (χ0) is 12.0. The summed E-state index contributed by atoms with van der Waals surface area (Å²) in [4.78, 5) is 19.0. The van der Waals surface area contributed by atoms with Crippen LogP contribution in [0.5, 0.6) is 0 Å². The molecule has 0 fully saturated rings. The summed E-state index contributed by atoms with van der Waals surface area (Å²) in [5.74, 6) is 0.767. The van der Waals surface area contributed by atoms with Gasteiger partial charge in [0.15, 0.2) is 0 Å². The Kier molecular flexibility index (Phi) is 4.49. The molecular formula is C11H20N4O. The van der Waals surface area contributed by atoms with Gasteiger partial charge in [0.25, 0.3) is 0 Å². The van der Waals surface area contributed by atoms with Gasteiger partial charge in [-0.1, -0.05) is 13.8 Å². The molecule has 5 heteroatoms. The summed E-state index contributed by atoms with van der Waals surface area (Å²) in [6.45, 7) is 4.78. The van der Waals surface area contributed by atoms with E-state index in [2.05, 4.69) is 15.3 Å². The van der Waals surface area contributed by atoms with E-state index in [0.717, 1.165) is 18.7 Å². The summed E-state index contributed by atoms with van der Waals surface area (Å²) in [7, 11) is 0. The Labute approximate surface area is 95.8 Å². The zero-order valence-electron chi connectivity index (χ0n) is 9.92. The van der Waals surface area contributed by atoms with Crippen LogP contribution in [0.3, 0.4) is 0 Å². The number of amides is 1. The molecule has 0 saturated heterocycles. The molecule has 0 aliphatic rings. The van der Waals surface area contributed by atoms with Crippen LogP contribution < -0.4 is 11.1 Å². The normalized spacial score (nSPS) is 11.4. The number of aromatic amines is 1. The number of hydrogen-bond acceptors (Lipinski definition) is 3. The Bertz CT molecular complexity index is 308.